The van der Waals surface area contributed by atoms with Crippen LogP contribution in [0.15, 0.2) is 60.9 Å². The van der Waals surface area contributed by atoms with Crippen molar-refractivity contribution < 1.29 is 4.74 Å². The maximum atomic E-state index is 5.91. The topological polar surface area (TPSA) is 35.0 Å². The van der Waals surface area contributed by atoms with E-state index in [-0.39, 0.29) is 0 Å². The fourth-order valence-corrected chi connectivity index (χ4v) is 3.48. The van der Waals surface area contributed by atoms with E-state index < -0.39 is 0 Å². The van der Waals surface area contributed by atoms with Crippen molar-refractivity contribution in [3.05, 3.63) is 77.6 Å². The van der Waals surface area contributed by atoms with E-state index in [4.69, 9.17) is 4.74 Å². The molecular formula is C27H34N2O. The van der Waals surface area contributed by atoms with Gasteiger partial charge in [-0.05, 0) is 60.2 Å². The highest BCUT2D eigenvalue weighted by Gasteiger charge is 2.03. The minimum Gasteiger partial charge on any atom is -0.489 e. The smallest absolute Gasteiger partial charge is 0.159 e. The lowest BCUT2D eigenvalue weighted by Gasteiger charge is -2.08. The van der Waals surface area contributed by atoms with Crippen LogP contribution in [0.25, 0.3) is 11.4 Å². The molecule has 0 amide bonds. The van der Waals surface area contributed by atoms with Gasteiger partial charge in [0, 0.05) is 18.0 Å². The van der Waals surface area contributed by atoms with Crippen molar-refractivity contribution in [2.45, 2.75) is 71.8 Å². The first-order chi connectivity index (χ1) is 14.8. The Morgan fingerprint density at radius 3 is 1.97 bits per heavy atom. The molecule has 1 aromatic heterocycles. The highest BCUT2D eigenvalue weighted by molar-refractivity contribution is 5.55. The Bertz CT molecular complexity index is 855. The third-order valence-electron chi connectivity index (χ3n) is 5.47. The molecule has 0 saturated heterocycles. The molecule has 3 rings (SSSR count). The van der Waals surface area contributed by atoms with Crippen LogP contribution >= 0.6 is 0 Å². The average Bonchev–Trinajstić information content (AvgIpc) is 2.81. The van der Waals surface area contributed by atoms with Gasteiger partial charge < -0.3 is 4.74 Å². The van der Waals surface area contributed by atoms with Crippen molar-refractivity contribution in [2.75, 3.05) is 0 Å². The van der Waals surface area contributed by atoms with Crippen LogP contribution in [0.3, 0.4) is 0 Å². The van der Waals surface area contributed by atoms with Gasteiger partial charge in [0.05, 0.1) is 0 Å². The average molecular weight is 403 g/mol. The van der Waals surface area contributed by atoms with Gasteiger partial charge in [0.1, 0.15) is 12.4 Å². The number of rotatable bonds is 12. The summed E-state index contributed by atoms with van der Waals surface area (Å²) in [6.45, 7) is 5.00. The molecule has 3 nitrogen and oxygen atoms in total. The van der Waals surface area contributed by atoms with Crippen molar-refractivity contribution in [3.63, 3.8) is 0 Å². The van der Waals surface area contributed by atoms with Crippen molar-refractivity contribution in [3.8, 4) is 17.1 Å². The van der Waals surface area contributed by atoms with Gasteiger partial charge in [0.2, 0.25) is 0 Å². The van der Waals surface area contributed by atoms with Gasteiger partial charge in [-0.1, -0.05) is 70.2 Å². The SMILES string of the molecule is CCCCCCCCc1cnc(-c2ccc(OCc3ccc(CC)cc3)cc2)nc1. The van der Waals surface area contributed by atoms with Crippen LogP contribution in [0.2, 0.25) is 0 Å². The monoisotopic (exact) mass is 402 g/mol. The normalized spacial score (nSPS) is 10.9. The van der Waals surface area contributed by atoms with E-state index in [1.165, 1.54) is 55.2 Å². The van der Waals surface area contributed by atoms with Crippen molar-refractivity contribution >= 4 is 0 Å². The van der Waals surface area contributed by atoms with Gasteiger partial charge in [-0.25, -0.2) is 9.97 Å². The van der Waals surface area contributed by atoms with E-state index in [2.05, 4.69) is 48.1 Å². The number of aromatic nitrogens is 2. The maximum absolute atomic E-state index is 5.91. The van der Waals surface area contributed by atoms with E-state index >= 15 is 0 Å². The van der Waals surface area contributed by atoms with Crippen molar-refractivity contribution in [1.29, 1.82) is 0 Å². The summed E-state index contributed by atoms with van der Waals surface area (Å²) in [7, 11) is 0. The minimum atomic E-state index is 0.576. The van der Waals surface area contributed by atoms with Gasteiger partial charge in [-0.3, -0.25) is 0 Å². The number of unbranched alkanes of at least 4 members (excludes halogenated alkanes) is 5. The fourth-order valence-electron chi connectivity index (χ4n) is 3.48. The fraction of sp³-hybridized carbons (Fsp3) is 0.407. The lowest BCUT2D eigenvalue weighted by molar-refractivity contribution is 0.306. The molecule has 0 bridgehead atoms. The standard InChI is InChI=1S/C27H34N2O/c1-3-5-6-7-8-9-10-24-19-28-27(29-20-24)25-15-17-26(18-16-25)30-21-23-13-11-22(4-2)12-14-23/h11-20H,3-10,21H2,1-2H3. The maximum Gasteiger partial charge on any atom is 0.159 e. The Hall–Kier alpha value is -2.68. The molecule has 0 aliphatic carbocycles. The molecule has 0 radical (unpaired) electrons. The second-order valence-corrected chi connectivity index (χ2v) is 7.92. The molecule has 0 atom stereocenters. The number of ether oxygens (including phenoxy) is 1. The Balaban J connectivity index is 1.46. The van der Waals surface area contributed by atoms with Crippen molar-refractivity contribution in [1.82, 2.24) is 9.97 Å². The molecule has 0 unspecified atom stereocenters. The number of aryl methyl sites for hydroxylation is 2. The molecule has 0 spiro atoms. The Morgan fingerprint density at radius 1 is 0.667 bits per heavy atom. The summed E-state index contributed by atoms with van der Waals surface area (Å²) in [5.74, 6) is 1.63. The third kappa shape index (κ3) is 6.98. The summed E-state index contributed by atoms with van der Waals surface area (Å²) in [6, 6.07) is 16.6. The van der Waals surface area contributed by atoms with Gasteiger partial charge in [-0.15, -0.1) is 0 Å². The summed E-state index contributed by atoms with van der Waals surface area (Å²) in [6.07, 6.45) is 13.9. The van der Waals surface area contributed by atoms with Gasteiger partial charge >= 0.3 is 0 Å². The molecule has 3 aromatic rings. The quantitative estimate of drug-likeness (QED) is 0.301. The predicted octanol–water partition coefficient (Wildman–Crippen LogP) is 7.19. The van der Waals surface area contributed by atoms with Crippen LogP contribution in [-0.2, 0) is 19.4 Å². The molecule has 2 aromatic carbocycles. The molecule has 0 aliphatic rings. The van der Waals surface area contributed by atoms with Gasteiger partial charge in [-0.2, -0.15) is 0 Å². The molecule has 1 heterocycles. The zero-order valence-electron chi connectivity index (χ0n) is 18.4. The Kier molecular flexibility index (Phi) is 8.89. The first-order valence-corrected chi connectivity index (χ1v) is 11.4. The molecule has 158 valence electrons. The van der Waals surface area contributed by atoms with E-state index in [1.54, 1.807) is 0 Å². The molecule has 0 aliphatic heterocycles. The first-order valence-electron chi connectivity index (χ1n) is 11.4. The van der Waals surface area contributed by atoms with Crippen LogP contribution in [0.1, 0.15) is 69.1 Å². The number of nitrogens with zero attached hydrogens (tertiary/aromatic N) is 2. The molecule has 3 heteroatoms. The summed E-state index contributed by atoms with van der Waals surface area (Å²) in [4.78, 5) is 9.13. The highest BCUT2D eigenvalue weighted by atomic mass is 16.5. The lowest BCUT2D eigenvalue weighted by atomic mass is 10.1. The van der Waals surface area contributed by atoms with E-state index in [9.17, 15) is 0 Å². The third-order valence-corrected chi connectivity index (χ3v) is 5.47. The van der Waals surface area contributed by atoms with E-state index in [0.29, 0.717) is 6.61 Å². The predicted molar refractivity (Wildman–Crippen MR) is 125 cm³/mol. The molecular weight excluding hydrogens is 368 g/mol. The summed E-state index contributed by atoms with van der Waals surface area (Å²) >= 11 is 0. The number of hydrogen-bond acceptors (Lipinski definition) is 3. The van der Waals surface area contributed by atoms with Crippen LogP contribution in [0.5, 0.6) is 5.75 Å². The van der Waals surface area contributed by atoms with E-state index in [1.807, 2.05) is 36.7 Å². The molecule has 0 saturated carbocycles. The Labute approximate surface area is 181 Å². The van der Waals surface area contributed by atoms with Crippen LogP contribution in [0.4, 0.5) is 0 Å². The molecule has 0 N–H and O–H groups in total. The van der Waals surface area contributed by atoms with Crippen molar-refractivity contribution in [2.24, 2.45) is 0 Å². The molecule has 30 heavy (non-hydrogen) atoms. The largest absolute Gasteiger partial charge is 0.489 e. The highest BCUT2D eigenvalue weighted by Crippen LogP contribution is 2.20. The second-order valence-electron chi connectivity index (χ2n) is 7.92. The zero-order chi connectivity index (χ0) is 21.0. The summed E-state index contributed by atoms with van der Waals surface area (Å²) in [5, 5.41) is 0. The van der Waals surface area contributed by atoms with Gasteiger partial charge in [0.25, 0.3) is 0 Å². The van der Waals surface area contributed by atoms with Crippen LogP contribution in [0, 0.1) is 0 Å². The van der Waals surface area contributed by atoms with Gasteiger partial charge in [0.15, 0.2) is 5.82 Å². The summed E-state index contributed by atoms with van der Waals surface area (Å²) < 4.78 is 5.91. The zero-order valence-corrected chi connectivity index (χ0v) is 18.4. The first kappa shape index (κ1) is 22.0. The minimum absolute atomic E-state index is 0.576. The number of hydrogen-bond donors (Lipinski definition) is 0. The Morgan fingerprint density at radius 2 is 1.30 bits per heavy atom. The lowest BCUT2D eigenvalue weighted by Crippen LogP contribution is -1.96. The van der Waals surface area contributed by atoms with Crippen LogP contribution in [-0.4, -0.2) is 9.97 Å². The number of benzene rings is 2. The molecule has 0 fully saturated rings. The van der Waals surface area contributed by atoms with Crippen LogP contribution < -0.4 is 4.74 Å². The van der Waals surface area contributed by atoms with E-state index in [0.717, 1.165) is 30.0 Å². The second kappa shape index (κ2) is 12.1. The summed E-state index contributed by atoms with van der Waals surface area (Å²) in [5.41, 5.74) is 4.77.